The molecule has 0 bridgehead atoms. The third-order valence-electron chi connectivity index (χ3n) is 4.00. The Morgan fingerprint density at radius 1 is 1.32 bits per heavy atom. The summed E-state index contributed by atoms with van der Waals surface area (Å²) in [4.78, 5) is 14.4. The highest BCUT2D eigenvalue weighted by Gasteiger charge is 2.31. The summed E-state index contributed by atoms with van der Waals surface area (Å²) in [6.07, 6.45) is 6.86. The highest BCUT2D eigenvalue weighted by Crippen LogP contribution is 2.49. The van der Waals surface area contributed by atoms with Gasteiger partial charge in [0.15, 0.2) is 5.78 Å². The van der Waals surface area contributed by atoms with Gasteiger partial charge in [-0.3, -0.25) is 4.79 Å². The molecule has 3 rings (SSSR count). The van der Waals surface area contributed by atoms with Crippen LogP contribution >= 0.6 is 11.8 Å². The number of ketones is 1. The van der Waals surface area contributed by atoms with E-state index in [4.69, 9.17) is 0 Å². The molecular formula is C17H18OS. The molecule has 2 heteroatoms. The van der Waals surface area contributed by atoms with E-state index in [1.165, 1.54) is 21.6 Å². The Labute approximate surface area is 118 Å². The van der Waals surface area contributed by atoms with E-state index in [2.05, 4.69) is 38.1 Å². The Bertz CT molecular complexity index is 595. The molecule has 0 radical (unpaired) electrons. The van der Waals surface area contributed by atoms with Gasteiger partial charge in [0, 0.05) is 17.2 Å². The van der Waals surface area contributed by atoms with Crippen molar-refractivity contribution in [2.45, 2.75) is 43.9 Å². The molecule has 1 heterocycles. The standard InChI is InChI=1S/C17H18OS/c1-3-11-7-5-10-15-16(11)12(4-2)13-8-6-9-14(18)17(13)19-15/h5-8,10,12H,3-4,9H2,1-2H3. The van der Waals surface area contributed by atoms with Crippen LogP contribution in [0.2, 0.25) is 0 Å². The molecular weight excluding hydrogens is 252 g/mol. The number of carbonyl (C=O) groups is 1. The number of rotatable bonds is 2. The van der Waals surface area contributed by atoms with Crippen LogP contribution in [0.4, 0.5) is 0 Å². The third-order valence-corrected chi connectivity index (χ3v) is 5.24. The summed E-state index contributed by atoms with van der Waals surface area (Å²) in [5.41, 5.74) is 4.13. The van der Waals surface area contributed by atoms with Crippen molar-refractivity contribution in [2.75, 3.05) is 0 Å². The number of fused-ring (bicyclic) bond motifs is 1. The number of hydrogen-bond donors (Lipinski definition) is 0. The monoisotopic (exact) mass is 270 g/mol. The molecule has 19 heavy (non-hydrogen) atoms. The van der Waals surface area contributed by atoms with Crippen LogP contribution in [0.15, 0.2) is 45.7 Å². The maximum atomic E-state index is 12.1. The molecule has 0 amide bonds. The third kappa shape index (κ3) is 1.99. The average Bonchev–Trinajstić information content (AvgIpc) is 2.45. The average molecular weight is 270 g/mol. The smallest absolute Gasteiger partial charge is 0.173 e. The van der Waals surface area contributed by atoms with E-state index in [1.807, 2.05) is 6.08 Å². The highest BCUT2D eigenvalue weighted by molar-refractivity contribution is 8.04. The number of allylic oxidation sites excluding steroid dienone is 4. The lowest BCUT2D eigenvalue weighted by atomic mass is 9.82. The van der Waals surface area contributed by atoms with Gasteiger partial charge in [0.25, 0.3) is 0 Å². The second-order valence-corrected chi connectivity index (χ2v) is 6.11. The van der Waals surface area contributed by atoms with E-state index in [9.17, 15) is 4.79 Å². The van der Waals surface area contributed by atoms with Gasteiger partial charge in [-0.25, -0.2) is 0 Å². The maximum absolute atomic E-state index is 12.1. The molecule has 1 atom stereocenters. The lowest BCUT2D eigenvalue weighted by Gasteiger charge is -2.31. The minimum absolute atomic E-state index is 0.286. The molecule has 1 aromatic carbocycles. The lowest BCUT2D eigenvalue weighted by Crippen LogP contribution is -2.17. The van der Waals surface area contributed by atoms with Gasteiger partial charge in [-0.2, -0.15) is 0 Å². The van der Waals surface area contributed by atoms with E-state index in [-0.39, 0.29) is 5.78 Å². The van der Waals surface area contributed by atoms with Gasteiger partial charge in [-0.05, 0) is 35.6 Å². The van der Waals surface area contributed by atoms with Gasteiger partial charge in [0.2, 0.25) is 0 Å². The van der Waals surface area contributed by atoms with Gasteiger partial charge >= 0.3 is 0 Å². The lowest BCUT2D eigenvalue weighted by molar-refractivity contribution is -0.114. The molecule has 0 fully saturated rings. The zero-order chi connectivity index (χ0) is 13.4. The van der Waals surface area contributed by atoms with Gasteiger partial charge < -0.3 is 0 Å². The van der Waals surface area contributed by atoms with Crippen molar-refractivity contribution in [3.8, 4) is 0 Å². The summed E-state index contributed by atoms with van der Waals surface area (Å²) >= 11 is 1.68. The molecule has 1 unspecified atom stereocenters. The summed E-state index contributed by atoms with van der Waals surface area (Å²) in [5.74, 6) is 0.677. The Hall–Kier alpha value is -1.28. The molecule has 98 valence electrons. The molecule has 0 saturated carbocycles. The fourth-order valence-electron chi connectivity index (χ4n) is 3.08. The van der Waals surface area contributed by atoms with Crippen molar-refractivity contribution in [3.63, 3.8) is 0 Å². The van der Waals surface area contributed by atoms with Crippen LogP contribution in [-0.2, 0) is 11.2 Å². The van der Waals surface area contributed by atoms with Crippen molar-refractivity contribution in [3.05, 3.63) is 52.0 Å². The molecule has 1 aliphatic heterocycles. The molecule has 1 nitrogen and oxygen atoms in total. The van der Waals surface area contributed by atoms with Crippen LogP contribution in [-0.4, -0.2) is 5.78 Å². The molecule has 2 aliphatic rings. The van der Waals surface area contributed by atoms with E-state index in [1.54, 1.807) is 11.8 Å². The summed E-state index contributed by atoms with van der Waals surface area (Å²) in [7, 11) is 0. The number of carbonyl (C=O) groups excluding carboxylic acids is 1. The van der Waals surface area contributed by atoms with Crippen molar-refractivity contribution in [2.24, 2.45) is 0 Å². The molecule has 0 spiro atoms. The first kappa shape index (κ1) is 12.7. The first-order valence-corrected chi connectivity index (χ1v) is 7.81. The van der Waals surface area contributed by atoms with Crippen LogP contribution in [0.5, 0.6) is 0 Å². The quantitative estimate of drug-likeness (QED) is 0.779. The molecule has 0 saturated heterocycles. The predicted octanol–water partition coefficient (Wildman–Crippen LogP) is 4.63. The van der Waals surface area contributed by atoms with Crippen molar-refractivity contribution >= 4 is 17.5 Å². The Balaban J connectivity index is 2.19. The fraction of sp³-hybridized carbons (Fsp3) is 0.353. The van der Waals surface area contributed by atoms with Gasteiger partial charge in [0.1, 0.15) is 0 Å². The van der Waals surface area contributed by atoms with Crippen molar-refractivity contribution in [1.29, 1.82) is 0 Å². The molecule has 0 aromatic heterocycles. The first-order valence-electron chi connectivity index (χ1n) is 6.99. The van der Waals surface area contributed by atoms with Crippen molar-refractivity contribution < 1.29 is 4.79 Å². The maximum Gasteiger partial charge on any atom is 0.173 e. The number of thioether (sulfide) groups is 1. The Morgan fingerprint density at radius 2 is 2.16 bits per heavy atom. The van der Waals surface area contributed by atoms with Gasteiger partial charge in [-0.15, -0.1) is 0 Å². The minimum atomic E-state index is 0.286. The summed E-state index contributed by atoms with van der Waals surface area (Å²) in [6, 6.07) is 6.51. The molecule has 1 aromatic rings. The van der Waals surface area contributed by atoms with Gasteiger partial charge in [-0.1, -0.05) is 49.9 Å². The SMILES string of the molecule is CCc1cccc2c1C(CC)C1=C(S2)C(=O)CC=C1. The number of benzene rings is 1. The number of aryl methyl sites for hydroxylation is 1. The van der Waals surface area contributed by atoms with Crippen LogP contribution in [0.25, 0.3) is 0 Å². The predicted molar refractivity (Wildman–Crippen MR) is 80.5 cm³/mol. The Morgan fingerprint density at radius 3 is 2.89 bits per heavy atom. The van der Waals surface area contributed by atoms with E-state index < -0.39 is 0 Å². The fourth-order valence-corrected chi connectivity index (χ4v) is 4.36. The van der Waals surface area contributed by atoms with Crippen LogP contribution in [0, 0.1) is 0 Å². The second-order valence-electron chi connectivity index (χ2n) is 5.06. The normalized spacial score (nSPS) is 21.4. The van der Waals surface area contributed by atoms with Crippen LogP contribution < -0.4 is 0 Å². The number of hydrogen-bond acceptors (Lipinski definition) is 2. The highest BCUT2D eigenvalue weighted by atomic mass is 32.2. The van der Waals surface area contributed by atoms with E-state index in [0.29, 0.717) is 12.3 Å². The summed E-state index contributed by atoms with van der Waals surface area (Å²) in [5, 5.41) is 0. The summed E-state index contributed by atoms with van der Waals surface area (Å²) < 4.78 is 0. The summed E-state index contributed by atoms with van der Waals surface area (Å²) in [6.45, 7) is 4.42. The second kappa shape index (κ2) is 5.01. The zero-order valence-electron chi connectivity index (χ0n) is 11.4. The molecule has 0 N–H and O–H groups in total. The van der Waals surface area contributed by atoms with E-state index >= 15 is 0 Å². The first-order chi connectivity index (χ1) is 9.26. The molecule has 1 aliphatic carbocycles. The van der Waals surface area contributed by atoms with E-state index in [0.717, 1.165) is 17.7 Å². The number of Topliss-reactive ketones (excluding diaryl/α,β-unsaturated/α-hetero) is 1. The Kier molecular flexibility index (Phi) is 3.36. The van der Waals surface area contributed by atoms with Crippen LogP contribution in [0.3, 0.4) is 0 Å². The van der Waals surface area contributed by atoms with Crippen molar-refractivity contribution in [1.82, 2.24) is 0 Å². The topological polar surface area (TPSA) is 17.1 Å². The van der Waals surface area contributed by atoms with Crippen LogP contribution in [0.1, 0.15) is 43.7 Å². The zero-order valence-corrected chi connectivity index (χ0v) is 12.2. The minimum Gasteiger partial charge on any atom is -0.293 e. The largest absolute Gasteiger partial charge is 0.293 e. The van der Waals surface area contributed by atoms with Gasteiger partial charge in [0.05, 0.1) is 4.91 Å².